The molecule has 2 unspecified atom stereocenters. The van der Waals surface area contributed by atoms with Crippen molar-refractivity contribution < 1.29 is 31.9 Å². The number of carbonyl (C=O) groups excluding carboxylic acids is 2. The normalized spacial score (nSPS) is 12.6. The van der Waals surface area contributed by atoms with Crippen LogP contribution in [-0.2, 0) is 26.2 Å². The summed E-state index contributed by atoms with van der Waals surface area (Å²) in [5.41, 5.74) is 0.855. The average Bonchev–Trinajstić information content (AvgIpc) is 3.00. The van der Waals surface area contributed by atoms with Gasteiger partial charge >= 0.3 is 0 Å². The first-order valence-corrected chi connectivity index (χ1v) is 15.1. The number of hydrogen-bond donors (Lipinski definition) is 1. The summed E-state index contributed by atoms with van der Waals surface area (Å²) >= 11 is 0. The highest BCUT2D eigenvalue weighted by Crippen LogP contribution is 2.32. The maximum Gasteiger partial charge on any atom is 0.264 e. The number of amides is 2. The summed E-state index contributed by atoms with van der Waals surface area (Å²) < 4.78 is 53.4. The van der Waals surface area contributed by atoms with Gasteiger partial charge in [0.15, 0.2) is 11.5 Å². The molecule has 0 radical (unpaired) electrons. The van der Waals surface area contributed by atoms with Gasteiger partial charge in [-0.15, -0.1) is 0 Å². The van der Waals surface area contributed by atoms with Crippen molar-refractivity contribution >= 4 is 27.5 Å². The minimum Gasteiger partial charge on any atom is -0.493 e. The van der Waals surface area contributed by atoms with Gasteiger partial charge in [0.05, 0.1) is 24.8 Å². The van der Waals surface area contributed by atoms with Gasteiger partial charge in [-0.2, -0.15) is 0 Å². The molecule has 0 saturated carbocycles. The third kappa shape index (κ3) is 7.79. The summed E-state index contributed by atoms with van der Waals surface area (Å²) in [7, 11) is -1.56. The van der Waals surface area contributed by atoms with Gasteiger partial charge in [-0.05, 0) is 61.7 Å². The quantitative estimate of drug-likeness (QED) is 0.287. The lowest BCUT2D eigenvalue weighted by Crippen LogP contribution is -2.53. The fourth-order valence-corrected chi connectivity index (χ4v) is 5.81. The van der Waals surface area contributed by atoms with E-state index in [1.54, 1.807) is 6.92 Å². The molecule has 0 aliphatic carbocycles. The van der Waals surface area contributed by atoms with Crippen LogP contribution in [0.4, 0.5) is 10.1 Å². The predicted molar refractivity (Wildman–Crippen MR) is 159 cm³/mol. The Labute approximate surface area is 247 Å². The average molecular weight is 600 g/mol. The Morgan fingerprint density at radius 1 is 0.905 bits per heavy atom. The minimum atomic E-state index is -4.37. The summed E-state index contributed by atoms with van der Waals surface area (Å²) in [4.78, 5) is 28.6. The summed E-state index contributed by atoms with van der Waals surface area (Å²) in [6, 6.07) is 17.1. The van der Waals surface area contributed by atoms with Crippen molar-refractivity contribution in [3.8, 4) is 11.5 Å². The third-order valence-corrected chi connectivity index (χ3v) is 8.69. The molecule has 11 heteroatoms. The predicted octanol–water partition coefficient (Wildman–Crippen LogP) is 4.76. The lowest BCUT2D eigenvalue weighted by molar-refractivity contribution is -0.140. The number of sulfonamides is 1. The molecule has 1 N–H and O–H groups in total. The fourth-order valence-electron chi connectivity index (χ4n) is 4.38. The van der Waals surface area contributed by atoms with Crippen LogP contribution in [0.5, 0.6) is 11.5 Å². The van der Waals surface area contributed by atoms with E-state index in [9.17, 15) is 22.4 Å². The number of nitrogens with zero attached hydrogens (tertiary/aromatic N) is 2. The topological polar surface area (TPSA) is 105 Å². The van der Waals surface area contributed by atoms with Gasteiger partial charge < -0.3 is 19.7 Å². The number of anilines is 1. The highest BCUT2D eigenvalue weighted by Gasteiger charge is 2.34. The highest BCUT2D eigenvalue weighted by molar-refractivity contribution is 7.92. The van der Waals surface area contributed by atoms with Crippen molar-refractivity contribution in [3.63, 3.8) is 0 Å². The van der Waals surface area contributed by atoms with E-state index in [0.29, 0.717) is 18.6 Å². The Morgan fingerprint density at radius 3 is 2.12 bits per heavy atom. The molecule has 0 aliphatic heterocycles. The highest BCUT2D eigenvalue weighted by atomic mass is 32.2. The summed E-state index contributed by atoms with van der Waals surface area (Å²) in [5.74, 6) is -0.979. The molecule has 0 saturated heterocycles. The van der Waals surface area contributed by atoms with E-state index in [4.69, 9.17) is 9.47 Å². The van der Waals surface area contributed by atoms with E-state index in [0.717, 1.165) is 22.0 Å². The summed E-state index contributed by atoms with van der Waals surface area (Å²) in [5, 5.41) is 2.94. The Hall–Kier alpha value is -4.12. The van der Waals surface area contributed by atoms with E-state index < -0.39 is 34.3 Å². The maximum atomic E-state index is 14.1. The first kappa shape index (κ1) is 32.4. The molecule has 3 aromatic carbocycles. The summed E-state index contributed by atoms with van der Waals surface area (Å²) in [6.07, 6.45) is 1.01. The molecule has 0 aromatic heterocycles. The van der Waals surface area contributed by atoms with Gasteiger partial charge in [-0.1, -0.05) is 44.2 Å². The number of hydrogen-bond acceptors (Lipinski definition) is 6. The maximum absolute atomic E-state index is 14.1. The van der Waals surface area contributed by atoms with Crippen LogP contribution < -0.4 is 19.1 Å². The third-order valence-electron chi connectivity index (χ3n) is 6.92. The number of halogens is 1. The van der Waals surface area contributed by atoms with Crippen molar-refractivity contribution in [3.05, 3.63) is 84.2 Å². The molecule has 0 heterocycles. The van der Waals surface area contributed by atoms with Crippen LogP contribution in [0.3, 0.4) is 0 Å². The van der Waals surface area contributed by atoms with Gasteiger partial charge in [0.25, 0.3) is 10.0 Å². The molecule has 42 heavy (non-hydrogen) atoms. The smallest absolute Gasteiger partial charge is 0.264 e. The van der Waals surface area contributed by atoms with Crippen molar-refractivity contribution in [2.24, 2.45) is 0 Å². The Morgan fingerprint density at radius 2 is 1.55 bits per heavy atom. The molecule has 0 aliphatic rings. The lowest BCUT2D eigenvalue weighted by Gasteiger charge is -2.33. The van der Waals surface area contributed by atoms with Gasteiger partial charge in [0.2, 0.25) is 11.8 Å². The molecule has 2 amide bonds. The number of methoxy groups -OCH3 is 2. The molecule has 0 spiro atoms. The Kier molecular flexibility index (Phi) is 11.3. The molecule has 3 rings (SSSR count). The van der Waals surface area contributed by atoms with Crippen molar-refractivity contribution in [1.29, 1.82) is 0 Å². The SMILES string of the molecule is CCC(C)NC(=O)C(CC)N(Cc1ccccc1)C(=O)CN(c1ccc(F)cc1)S(=O)(=O)c1ccc(OC)c(OC)c1. The zero-order valence-electron chi connectivity index (χ0n) is 24.5. The zero-order chi connectivity index (χ0) is 30.9. The summed E-state index contributed by atoms with van der Waals surface area (Å²) in [6.45, 7) is 5.06. The van der Waals surface area contributed by atoms with E-state index in [1.165, 1.54) is 49.5 Å². The number of rotatable bonds is 14. The molecular weight excluding hydrogens is 561 g/mol. The monoisotopic (exact) mass is 599 g/mol. The molecule has 2 atom stereocenters. The molecule has 3 aromatic rings. The van der Waals surface area contributed by atoms with Crippen molar-refractivity contribution in [1.82, 2.24) is 10.2 Å². The van der Waals surface area contributed by atoms with Crippen molar-refractivity contribution in [2.75, 3.05) is 25.1 Å². The van der Waals surface area contributed by atoms with Gasteiger partial charge in [0, 0.05) is 18.7 Å². The van der Waals surface area contributed by atoms with E-state index in [-0.39, 0.29) is 34.8 Å². The van der Waals surface area contributed by atoms with Crippen LogP contribution in [0, 0.1) is 5.82 Å². The number of benzene rings is 3. The number of nitrogens with one attached hydrogen (secondary N) is 1. The molecule has 226 valence electrons. The molecule has 0 fully saturated rings. The Balaban J connectivity index is 2.08. The first-order valence-electron chi connectivity index (χ1n) is 13.7. The van der Waals surface area contributed by atoms with Gasteiger partial charge in [0.1, 0.15) is 18.4 Å². The Bertz CT molecular complexity index is 1450. The van der Waals surface area contributed by atoms with Crippen LogP contribution in [0.25, 0.3) is 0 Å². The molecule has 9 nitrogen and oxygen atoms in total. The van der Waals surface area contributed by atoms with Crippen LogP contribution >= 0.6 is 0 Å². The van der Waals surface area contributed by atoms with Crippen LogP contribution in [0.1, 0.15) is 39.2 Å². The van der Waals surface area contributed by atoms with Gasteiger partial charge in [-0.3, -0.25) is 13.9 Å². The van der Waals surface area contributed by atoms with Crippen molar-refractivity contribution in [2.45, 2.75) is 57.1 Å². The second-order valence-electron chi connectivity index (χ2n) is 9.75. The molecular formula is C31H38FN3O6S. The number of ether oxygens (including phenoxy) is 2. The van der Waals surface area contributed by atoms with Crippen LogP contribution in [0.15, 0.2) is 77.7 Å². The van der Waals surface area contributed by atoms with E-state index >= 15 is 0 Å². The van der Waals surface area contributed by atoms with Gasteiger partial charge in [-0.25, -0.2) is 12.8 Å². The standard InChI is InChI=1S/C31H38FN3O6S/c1-6-22(3)33-31(37)27(7-2)34(20-23-11-9-8-10-12-23)30(36)21-35(25-15-13-24(32)14-16-25)42(38,39)26-17-18-28(40-4)29(19-26)41-5/h8-19,22,27H,6-7,20-21H2,1-5H3,(H,33,37). The fraction of sp³-hybridized carbons (Fsp3) is 0.355. The first-order chi connectivity index (χ1) is 20.0. The van der Waals surface area contributed by atoms with E-state index in [1.807, 2.05) is 44.2 Å². The zero-order valence-corrected chi connectivity index (χ0v) is 25.4. The minimum absolute atomic E-state index is 0.0799. The van der Waals surface area contributed by atoms with E-state index in [2.05, 4.69) is 5.32 Å². The number of carbonyl (C=O) groups is 2. The second kappa shape index (κ2) is 14.7. The molecule has 0 bridgehead atoms. The van der Waals surface area contributed by atoms with Crippen LogP contribution in [-0.4, -0.2) is 58.0 Å². The van der Waals surface area contributed by atoms with Crippen LogP contribution in [0.2, 0.25) is 0 Å². The second-order valence-corrected chi connectivity index (χ2v) is 11.6. The largest absolute Gasteiger partial charge is 0.493 e. The lowest BCUT2D eigenvalue weighted by atomic mass is 10.1.